The number of hydrogen-bond acceptors (Lipinski definition) is 3. The summed E-state index contributed by atoms with van der Waals surface area (Å²) in [5.41, 5.74) is 0.480. The van der Waals surface area contributed by atoms with E-state index in [1.807, 2.05) is 0 Å². The van der Waals surface area contributed by atoms with Gasteiger partial charge in [0.05, 0.1) is 25.4 Å². The van der Waals surface area contributed by atoms with Gasteiger partial charge in [0.15, 0.2) is 0 Å². The Morgan fingerprint density at radius 3 is 2.95 bits per heavy atom. The summed E-state index contributed by atoms with van der Waals surface area (Å²) in [5, 5.41) is 0. The topological polar surface area (TPSA) is 55.0 Å². The largest absolute Gasteiger partial charge is 0.469 e. The van der Waals surface area contributed by atoms with Crippen LogP contribution in [0.3, 0.4) is 0 Å². The number of halogens is 2. The fraction of sp³-hybridized carbons (Fsp3) is 0.231. The van der Waals surface area contributed by atoms with Crippen molar-refractivity contribution in [2.24, 2.45) is 0 Å². The molecule has 0 aliphatic rings. The number of nitrogens with zero attached hydrogens (tertiary/aromatic N) is 1. The predicted octanol–water partition coefficient (Wildman–Crippen LogP) is 2.46. The second kappa shape index (κ2) is 5.60. The molecule has 6 heteroatoms. The molecule has 0 aliphatic heterocycles. The first-order valence-corrected chi connectivity index (χ1v) is 5.66. The van der Waals surface area contributed by atoms with Crippen molar-refractivity contribution >= 4 is 5.97 Å². The van der Waals surface area contributed by atoms with Gasteiger partial charge in [-0.2, -0.15) is 0 Å². The summed E-state index contributed by atoms with van der Waals surface area (Å²) in [6, 6.07) is 3.19. The van der Waals surface area contributed by atoms with Crippen LogP contribution < -0.4 is 0 Å². The lowest BCUT2D eigenvalue weighted by molar-refractivity contribution is -0.140. The summed E-state index contributed by atoms with van der Waals surface area (Å²) in [4.78, 5) is 17.9. The van der Waals surface area contributed by atoms with Crippen molar-refractivity contribution in [2.45, 2.75) is 12.8 Å². The fourth-order valence-electron chi connectivity index (χ4n) is 1.65. The molecule has 0 unspecified atom stereocenters. The number of carbonyl (C=O) groups excluding carboxylic acids is 1. The Balaban J connectivity index is 2.16. The molecule has 4 nitrogen and oxygen atoms in total. The molecule has 0 saturated carbocycles. The van der Waals surface area contributed by atoms with Gasteiger partial charge in [0, 0.05) is 12.0 Å². The van der Waals surface area contributed by atoms with Gasteiger partial charge >= 0.3 is 5.97 Å². The molecule has 1 N–H and O–H groups in total. The highest BCUT2D eigenvalue weighted by Crippen LogP contribution is 2.22. The Labute approximate surface area is 108 Å². The molecule has 0 bridgehead atoms. The maximum absolute atomic E-state index is 13.5. The molecule has 100 valence electrons. The van der Waals surface area contributed by atoms with Crippen molar-refractivity contribution in [2.75, 3.05) is 7.11 Å². The van der Waals surface area contributed by atoms with Crippen molar-refractivity contribution in [1.29, 1.82) is 0 Å². The summed E-state index contributed by atoms with van der Waals surface area (Å²) in [6.07, 6.45) is 1.93. The number of aromatic amines is 1. The molecule has 0 amide bonds. The number of imidazole rings is 1. The summed E-state index contributed by atoms with van der Waals surface area (Å²) < 4.78 is 31.1. The zero-order valence-corrected chi connectivity index (χ0v) is 10.2. The highest BCUT2D eigenvalue weighted by molar-refractivity contribution is 5.69. The molecule has 0 radical (unpaired) electrons. The maximum atomic E-state index is 13.5. The number of H-pyrrole nitrogens is 1. The standard InChI is InChI=1S/C13H12F2N2O2/c1-19-13(18)5-4-12-16-7-11(17-12)9-6-8(14)2-3-10(9)15/h2-3,6-7H,4-5H2,1H3,(H,16,17). The number of carbonyl (C=O) groups is 1. The number of aromatic nitrogens is 2. The quantitative estimate of drug-likeness (QED) is 0.865. The van der Waals surface area contributed by atoms with E-state index >= 15 is 0 Å². The molecule has 19 heavy (non-hydrogen) atoms. The smallest absolute Gasteiger partial charge is 0.305 e. The molecule has 0 fully saturated rings. The van der Waals surface area contributed by atoms with Gasteiger partial charge in [0.25, 0.3) is 0 Å². The first kappa shape index (κ1) is 13.2. The number of esters is 1. The number of hydrogen-bond donors (Lipinski definition) is 1. The van der Waals surface area contributed by atoms with Crippen LogP contribution in [-0.4, -0.2) is 23.0 Å². The van der Waals surface area contributed by atoms with Crippen LogP contribution in [0.15, 0.2) is 24.4 Å². The van der Waals surface area contributed by atoms with Crippen molar-refractivity contribution in [3.63, 3.8) is 0 Å². The van der Waals surface area contributed by atoms with Crippen molar-refractivity contribution in [3.8, 4) is 11.3 Å². The second-order valence-electron chi connectivity index (χ2n) is 3.94. The first-order chi connectivity index (χ1) is 9.10. The van der Waals surface area contributed by atoms with Crippen LogP contribution in [0.5, 0.6) is 0 Å². The van der Waals surface area contributed by atoms with Gasteiger partial charge < -0.3 is 9.72 Å². The van der Waals surface area contributed by atoms with E-state index in [2.05, 4.69) is 14.7 Å². The number of nitrogens with one attached hydrogen (secondary N) is 1. The van der Waals surface area contributed by atoms with E-state index in [1.165, 1.54) is 13.3 Å². The Morgan fingerprint density at radius 2 is 2.21 bits per heavy atom. The van der Waals surface area contributed by atoms with Gasteiger partial charge in [-0.15, -0.1) is 0 Å². The van der Waals surface area contributed by atoms with Crippen LogP contribution in [0.4, 0.5) is 8.78 Å². The lowest BCUT2D eigenvalue weighted by Gasteiger charge is -2.00. The fourth-order valence-corrected chi connectivity index (χ4v) is 1.65. The monoisotopic (exact) mass is 266 g/mol. The molecule has 0 aliphatic carbocycles. The second-order valence-corrected chi connectivity index (χ2v) is 3.94. The van der Waals surface area contributed by atoms with Gasteiger partial charge in [-0.25, -0.2) is 13.8 Å². The van der Waals surface area contributed by atoms with Crippen molar-refractivity contribution in [1.82, 2.24) is 9.97 Å². The summed E-state index contributed by atoms with van der Waals surface area (Å²) in [7, 11) is 1.30. The number of rotatable bonds is 4. The van der Waals surface area contributed by atoms with E-state index in [0.717, 1.165) is 18.2 Å². The van der Waals surface area contributed by atoms with Crippen molar-refractivity contribution in [3.05, 3.63) is 41.9 Å². The predicted molar refractivity (Wildman–Crippen MR) is 64.3 cm³/mol. The van der Waals surface area contributed by atoms with E-state index in [1.54, 1.807) is 0 Å². The van der Waals surface area contributed by atoms with Crippen molar-refractivity contribution < 1.29 is 18.3 Å². The molecule has 1 heterocycles. The Morgan fingerprint density at radius 1 is 1.42 bits per heavy atom. The Hall–Kier alpha value is -2.24. The third-order valence-corrected chi connectivity index (χ3v) is 2.64. The molecule has 2 aromatic rings. The lowest BCUT2D eigenvalue weighted by atomic mass is 10.1. The first-order valence-electron chi connectivity index (χ1n) is 5.66. The minimum absolute atomic E-state index is 0.108. The molecule has 0 saturated heterocycles. The third-order valence-electron chi connectivity index (χ3n) is 2.64. The van der Waals surface area contributed by atoms with Gasteiger partial charge in [-0.3, -0.25) is 4.79 Å². The van der Waals surface area contributed by atoms with Crippen LogP contribution in [0, 0.1) is 11.6 Å². The van der Waals surface area contributed by atoms with Gasteiger partial charge in [0.2, 0.25) is 0 Å². The van der Waals surface area contributed by atoms with Crippen LogP contribution in [-0.2, 0) is 16.0 Å². The number of benzene rings is 1. The van der Waals surface area contributed by atoms with Crippen LogP contribution >= 0.6 is 0 Å². The maximum Gasteiger partial charge on any atom is 0.305 e. The summed E-state index contributed by atoms with van der Waals surface area (Å²) in [5.74, 6) is -0.898. The van der Waals surface area contributed by atoms with E-state index in [-0.39, 0.29) is 18.0 Å². The molecule has 0 atom stereocenters. The highest BCUT2D eigenvalue weighted by Gasteiger charge is 2.10. The zero-order valence-electron chi connectivity index (χ0n) is 10.2. The number of methoxy groups -OCH3 is 1. The average molecular weight is 266 g/mol. The number of aryl methyl sites for hydroxylation is 1. The number of ether oxygens (including phenoxy) is 1. The minimum Gasteiger partial charge on any atom is -0.469 e. The van der Waals surface area contributed by atoms with E-state index in [0.29, 0.717) is 17.9 Å². The Bertz CT molecular complexity index is 596. The molecule has 1 aromatic heterocycles. The van der Waals surface area contributed by atoms with Crippen LogP contribution in [0.1, 0.15) is 12.2 Å². The van der Waals surface area contributed by atoms with E-state index < -0.39 is 11.6 Å². The van der Waals surface area contributed by atoms with Gasteiger partial charge in [-0.05, 0) is 18.2 Å². The third kappa shape index (κ3) is 3.15. The molecule has 0 spiro atoms. The average Bonchev–Trinajstić information content (AvgIpc) is 2.87. The molecule has 2 rings (SSSR count). The molecular weight excluding hydrogens is 254 g/mol. The lowest BCUT2D eigenvalue weighted by Crippen LogP contribution is -2.02. The van der Waals surface area contributed by atoms with Gasteiger partial charge in [0.1, 0.15) is 17.5 Å². The Kier molecular flexibility index (Phi) is 3.89. The van der Waals surface area contributed by atoms with Crippen LogP contribution in [0.25, 0.3) is 11.3 Å². The molecule has 1 aromatic carbocycles. The summed E-state index contributed by atoms with van der Waals surface area (Å²) in [6.45, 7) is 0. The molecular formula is C13H12F2N2O2. The minimum atomic E-state index is -0.537. The van der Waals surface area contributed by atoms with E-state index in [9.17, 15) is 13.6 Å². The normalized spacial score (nSPS) is 10.5. The summed E-state index contributed by atoms with van der Waals surface area (Å²) >= 11 is 0. The van der Waals surface area contributed by atoms with Crippen LogP contribution in [0.2, 0.25) is 0 Å². The SMILES string of the molecule is COC(=O)CCc1ncc(-c2cc(F)ccc2F)[nH]1. The van der Waals surface area contributed by atoms with Gasteiger partial charge in [-0.1, -0.05) is 0 Å². The zero-order chi connectivity index (χ0) is 13.8. The highest BCUT2D eigenvalue weighted by atomic mass is 19.1. The van der Waals surface area contributed by atoms with E-state index in [4.69, 9.17) is 0 Å².